The Morgan fingerprint density at radius 2 is 2.14 bits per heavy atom. The predicted molar refractivity (Wildman–Crippen MR) is 41.8 cm³/mol. The summed E-state index contributed by atoms with van der Waals surface area (Å²) in [7, 11) is 0. The van der Waals surface area contributed by atoms with E-state index in [1.807, 2.05) is 17.8 Å². The average molecular weight is 132 g/mol. The maximum atomic E-state index is 2.14. The van der Waals surface area contributed by atoms with E-state index >= 15 is 0 Å². The summed E-state index contributed by atoms with van der Waals surface area (Å²) in [5.41, 5.74) is 0. The van der Waals surface area contributed by atoms with Gasteiger partial charge in [0.15, 0.2) is 0 Å². The molecule has 0 nitrogen and oxygen atoms in total. The molecule has 0 bridgehead atoms. The molecular weight excluding hydrogens is 123 g/mol. The van der Waals surface area contributed by atoms with Crippen LogP contribution in [0.2, 0.25) is 0 Å². The first kappa shape index (κ1) is 7.26. The second kappa shape index (κ2) is 4.42. The molecule has 0 fully saturated rings. The van der Waals surface area contributed by atoms with Gasteiger partial charge in [0, 0.05) is 5.75 Å². The van der Waals surface area contributed by atoms with Gasteiger partial charge in [0.05, 0.1) is 0 Å². The van der Waals surface area contributed by atoms with Gasteiger partial charge >= 0.3 is 0 Å². The van der Waals surface area contributed by atoms with Crippen molar-refractivity contribution in [1.82, 2.24) is 0 Å². The van der Waals surface area contributed by atoms with Gasteiger partial charge in [-0.05, 0) is 5.41 Å². The van der Waals surface area contributed by atoms with Crippen molar-refractivity contribution >= 4 is 21.7 Å². The molecular formula is C5H9PS. The molecule has 1 heterocycles. The van der Waals surface area contributed by atoms with E-state index in [1.165, 1.54) is 0 Å². The van der Waals surface area contributed by atoms with Gasteiger partial charge in [-0.25, -0.2) is 0 Å². The van der Waals surface area contributed by atoms with Crippen molar-refractivity contribution in [2.75, 3.05) is 5.75 Å². The molecule has 0 aromatic heterocycles. The molecule has 1 atom stereocenters. The Morgan fingerprint density at radius 3 is 2.29 bits per heavy atom. The van der Waals surface area contributed by atoms with E-state index in [-0.39, 0.29) is 9.90 Å². The summed E-state index contributed by atoms with van der Waals surface area (Å²) in [5, 5.41) is 2.10. The number of thioether (sulfide) groups is 1. The van der Waals surface area contributed by atoms with Gasteiger partial charge in [-0.15, -0.1) is 11.8 Å². The third-order valence-electron chi connectivity index (χ3n) is 0.614. The van der Waals surface area contributed by atoms with Crippen molar-refractivity contribution in [3.8, 4) is 0 Å². The van der Waals surface area contributed by atoms with E-state index in [9.17, 15) is 0 Å². The number of allylic oxidation sites excluding steroid dienone is 2. The second-order valence-electron chi connectivity index (χ2n) is 1.09. The van der Waals surface area contributed by atoms with Crippen LogP contribution in [0.15, 0.2) is 23.6 Å². The summed E-state index contributed by atoms with van der Waals surface area (Å²) in [4.78, 5) is 0. The Bertz CT molecular complexity index is 74.1. The van der Waals surface area contributed by atoms with Crippen LogP contribution in [0.5, 0.6) is 0 Å². The SMILES string of the molecule is C1=CCSC=C1.P. The highest BCUT2D eigenvalue weighted by Gasteiger charge is 1.77. The van der Waals surface area contributed by atoms with Crippen LogP contribution in [0.3, 0.4) is 0 Å². The van der Waals surface area contributed by atoms with Gasteiger partial charge in [0.1, 0.15) is 0 Å². The Morgan fingerprint density at radius 1 is 1.29 bits per heavy atom. The van der Waals surface area contributed by atoms with Gasteiger partial charge in [-0.3, -0.25) is 0 Å². The third kappa shape index (κ3) is 2.90. The summed E-state index contributed by atoms with van der Waals surface area (Å²) in [6, 6.07) is 0. The van der Waals surface area contributed by atoms with E-state index in [1.54, 1.807) is 0 Å². The molecule has 0 N–H and O–H groups in total. The lowest BCUT2D eigenvalue weighted by Crippen LogP contribution is -1.67. The molecule has 0 amide bonds. The Labute approximate surface area is 51.7 Å². The van der Waals surface area contributed by atoms with E-state index in [0.29, 0.717) is 0 Å². The number of hydrogen-bond donors (Lipinski definition) is 0. The fourth-order valence-corrected chi connectivity index (χ4v) is 0.881. The molecule has 0 aromatic carbocycles. The zero-order chi connectivity index (χ0) is 4.24. The smallest absolute Gasteiger partial charge is 0.0157 e. The standard InChI is InChI=1S/C5H6S.H3P/c1-2-4-6-5-3-1;/h1-4H,5H2;1H3. The molecule has 1 aliphatic rings. The quantitative estimate of drug-likeness (QED) is 0.453. The largest absolute Gasteiger partial charge is 0.153 e. The lowest BCUT2D eigenvalue weighted by Gasteiger charge is -1.88. The van der Waals surface area contributed by atoms with Crippen LogP contribution in [0.1, 0.15) is 0 Å². The molecule has 0 saturated carbocycles. The molecule has 0 saturated heterocycles. The zero-order valence-corrected chi connectivity index (χ0v) is 6.36. The molecule has 1 rings (SSSR count). The Hall–Kier alpha value is 0.260. The first-order valence-corrected chi connectivity index (χ1v) is 2.98. The molecule has 40 valence electrons. The van der Waals surface area contributed by atoms with Gasteiger partial charge in [-0.2, -0.15) is 9.90 Å². The van der Waals surface area contributed by atoms with Crippen LogP contribution < -0.4 is 0 Å². The van der Waals surface area contributed by atoms with Crippen molar-refractivity contribution < 1.29 is 0 Å². The Balaban J connectivity index is 0.000000360. The molecule has 0 aliphatic carbocycles. The van der Waals surface area contributed by atoms with Crippen molar-refractivity contribution in [2.45, 2.75) is 0 Å². The molecule has 1 aliphatic heterocycles. The number of rotatable bonds is 0. The minimum Gasteiger partial charge on any atom is -0.153 e. The maximum absolute atomic E-state index is 2.14. The Kier molecular flexibility index (Phi) is 4.58. The summed E-state index contributed by atoms with van der Waals surface area (Å²) < 4.78 is 0. The second-order valence-corrected chi connectivity index (χ2v) is 2.03. The molecule has 0 radical (unpaired) electrons. The van der Waals surface area contributed by atoms with E-state index in [0.717, 1.165) is 5.75 Å². The van der Waals surface area contributed by atoms with Gasteiger partial charge in [0.25, 0.3) is 0 Å². The molecule has 2 heteroatoms. The van der Waals surface area contributed by atoms with Crippen LogP contribution in [-0.4, -0.2) is 5.75 Å². The van der Waals surface area contributed by atoms with E-state index in [2.05, 4.69) is 17.6 Å². The van der Waals surface area contributed by atoms with E-state index < -0.39 is 0 Å². The highest BCUT2D eigenvalue weighted by molar-refractivity contribution is 8.02. The van der Waals surface area contributed by atoms with Crippen LogP contribution in [-0.2, 0) is 0 Å². The predicted octanol–water partition coefficient (Wildman–Crippen LogP) is 1.86. The monoisotopic (exact) mass is 132 g/mol. The van der Waals surface area contributed by atoms with Gasteiger partial charge in [0.2, 0.25) is 0 Å². The van der Waals surface area contributed by atoms with Crippen molar-refractivity contribution in [1.29, 1.82) is 0 Å². The minimum atomic E-state index is 0. The fraction of sp³-hybridized carbons (Fsp3) is 0.200. The highest BCUT2D eigenvalue weighted by Crippen LogP contribution is 2.05. The minimum absolute atomic E-state index is 0. The van der Waals surface area contributed by atoms with Crippen molar-refractivity contribution in [3.63, 3.8) is 0 Å². The van der Waals surface area contributed by atoms with Crippen molar-refractivity contribution in [3.05, 3.63) is 23.6 Å². The average Bonchev–Trinajstić information content (AvgIpc) is 1.72. The first-order chi connectivity index (χ1) is 3.00. The maximum Gasteiger partial charge on any atom is 0.0157 e. The lowest BCUT2D eigenvalue weighted by molar-refractivity contribution is 1.74. The molecule has 0 aromatic rings. The van der Waals surface area contributed by atoms with Crippen LogP contribution >= 0.6 is 21.7 Å². The van der Waals surface area contributed by atoms with Crippen LogP contribution in [0.4, 0.5) is 0 Å². The summed E-state index contributed by atoms with van der Waals surface area (Å²) in [6.07, 6.45) is 6.26. The molecule has 0 spiro atoms. The third-order valence-corrected chi connectivity index (χ3v) is 1.35. The van der Waals surface area contributed by atoms with Gasteiger partial charge < -0.3 is 0 Å². The highest BCUT2D eigenvalue weighted by atomic mass is 32.2. The summed E-state index contributed by atoms with van der Waals surface area (Å²) in [6.45, 7) is 0. The molecule has 7 heavy (non-hydrogen) atoms. The lowest BCUT2D eigenvalue weighted by atomic mass is 10.5. The summed E-state index contributed by atoms with van der Waals surface area (Å²) >= 11 is 1.83. The normalized spacial score (nSPS) is 16.0. The van der Waals surface area contributed by atoms with E-state index in [4.69, 9.17) is 0 Å². The van der Waals surface area contributed by atoms with Gasteiger partial charge in [-0.1, -0.05) is 18.2 Å². The molecule has 1 unspecified atom stereocenters. The van der Waals surface area contributed by atoms with Crippen LogP contribution in [0.25, 0.3) is 0 Å². The van der Waals surface area contributed by atoms with Crippen LogP contribution in [0, 0.1) is 0 Å². The fourth-order valence-electron chi connectivity index (χ4n) is 0.346. The topological polar surface area (TPSA) is 0 Å². The zero-order valence-electron chi connectivity index (χ0n) is 4.13. The number of hydrogen-bond acceptors (Lipinski definition) is 1. The summed E-state index contributed by atoms with van der Waals surface area (Å²) in [5.74, 6) is 1.15. The first-order valence-electron chi connectivity index (χ1n) is 1.93. The van der Waals surface area contributed by atoms with Crippen molar-refractivity contribution in [2.24, 2.45) is 0 Å².